The monoisotopic (exact) mass is 255 g/mol. The number of nitrogens with two attached hydrogens (primary N) is 1. The number of aliphatic hydroxyl groups excluding tert-OH is 2. The van der Waals surface area contributed by atoms with Crippen LogP contribution < -0.4 is 10.5 Å². The molecule has 0 aliphatic carbocycles. The fraction of sp³-hybridized carbons (Fsp3) is 0.417. The Kier molecular flexibility index (Phi) is 5.08. The van der Waals surface area contributed by atoms with E-state index in [-0.39, 0.29) is 24.3 Å². The first-order valence-corrected chi connectivity index (χ1v) is 5.48. The number of hydrogen-bond donors (Lipinski definition) is 4. The molecule has 0 saturated carbocycles. The Morgan fingerprint density at radius 3 is 2.61 bits per heavy atom. The normalized spacial score (nSPS) is 14.0. The molecular weight excluding hydrogens is 238 g/mol. The van der Waals surface area contributed by atoms with E-state index in [0.717, 1.165) is 0 Å². The molecule has 6 heteroatoms. The summed E-state index contributed by atoms with van der Waals surface area (Å²) in [6, 6.07) is 4.07. The van der Waals surface area contributed by atoms with Gasteiger partial charge in [-0.15, -0.1) is 0 Å². The molecule has 0 spiro atoms. The molecule has 6 nitrogen and oxygen atoms in total. The highest BCUT2D eigenvalue weighted by molar-refractivity contribution is 5.88. The second kappa shape index (κ2) is 6.34. The topological polar surface area (TPSA) is 113 Å². The van der Waals surface area contributed by atoms with Crippen molar-refractivity contribution in [3.8, 4) is 5.75 Å². The first kappa shape index (κ1) is 14.4. The molecule has 100 valence electrons. The Morgan fingerprint density at radius 1 is 1.44 bits per heavy atom. The molecule has 1 aromatic carbocycles. The zero-order valence-corrected chi connectivity index (χ0v) is 10.0. The molecule has 18 heavy (non-hydrogen) atoms. The van der Waals surface area contributed by atoms with Crippen molar-refractivity contribution in [3.05, 3.63) is 29.3 Å². The number of benzene rings is 1. The third kappa shape index (κ3) is 3.19. The molecule has 0 amide bonds. The van der Waals surface area contributed by atoms with Gasteiger partial charge >= 0.3 is 5.97 Å². The number of carboxylic acids is 1. The van der Waals surface area contributed by atoms with Crippen molar-refractivity contribution < 1.29 is 24.9 Å². The highest BCUT2D eigenvalue weighted by Crippen LogP contribution is 2.29. The molecule has 0 aromatic heterocycles. The van der Waals surface area contributed by atoms with E-state index in [1.54, 1.807) is 0 Å². The summed E-state index contributed by atoms with van der Waals surface area (Å²) in [6.07, 6.45) is -1.93. The quantitative estimate of drug-likeness (QED) is 0.575. The van der Waals surface area contributed by atoms with Crippen molar-refractivity contribution >= 4 is 5.97 Å². The lowest BCUT2D eigenvalue weighted by atomic mass is 9.99. The van der Waals surface area contributed by atoms with Crippen LogP contribution in [0.25, 0.3) is 0 Å². The van der Waals surface area contributed by atoms with E-state index >= 15 is 0 Å². The minimum Gasteiger partial charge on any atom is -0.496 e. The average Bonchev–Trinajstić information content (AvgIpc) is 2.37. The van der Waals surface area contributed by atoms with Gasteiger partial charge in [-0.25, -0.2) is 4.79 Å². The van der Waals surface area contributed by atoms with Crippen molar-refractivity contribution in [1.29, 1.82) is 0 Å². The minimum absolute atomic E-state index is 0.0520. The largest absolute Gasteiger partial charge is 0.496 e. The number of carboxylic acid groups (broad SMARTS) is 1. The van der Waals surface area contributed by atoms with E-state index in [4.69, 9.17) is 15.6 Å². The molecule has 0 radical (unpaired) electrons. The van der Waals surface area contributed by atoms with Crippen molar-refractivity contribution in [2.75, 3.05) is 13.7 Å². The Morgan fingerprint density at radius 2 is 2.11 bits per heavy atom. The summed E-state index contributed by atoms with van der Waals surface area (Å²) in [6.45, 7) is 0.244. The van der Waals surface area contributed by atoms with Gasteiger partial charge < -0.3 is 25.8 Å². The van der Waals surface area contributed by atoms with E-state index in [9.17, 15) is 15.0 Å². The van der Waals surface area contributed by atoms with Crippen LogP contribution in [-0.4, -0.2) is 41.0 Å². The van der Waals surface area contributed by atoms with Crippen molar-refractivity contribution in [1.82, 2.24) is 0 Å². The van der Waals surface area contributed by atoms with E-state index in [1.165, 1.54) is 25.3 Å². The summed E-state index contributed by atoms with van der Waals surface area (Å²) in [5.41, 5.74) is 5.69. The third-order valence-electron chi connectivity index (χ3n) is 2.63. The summed E-state index contributed by atoms with van der Waals surface area (Å²) >= 11 is 0. The van der Waals surface area contributed by atoms with Crippen LogP contribution in [0, 0.1) is 0 Å². The molecule has 0 saturated heterocycles. The van der Waals surface area contributed by atoms with E-state index in [2.05, 4.69) is 0 Å². The Hall–Kier alpha value is -1.63. The molecule has 1 rings (SSSR count). The number of aliphatic hydroxyl groups is 2. The number of ether oxygens (including phenoxy) is 1. The van der Waals surface area contributed by atoms with E-state index < -0.39 is 18.2 Å². The average molecular weight is 255 g/mol. The Labute approximate surface area is 105 Å². The molecule has 0 bridgehead atoms. The zero-order valence-electron chi connectivity index (χ0n) is 10.0. The van der Waals surface area contributed by atoms with Crippen molar-refractivity contribution in [2.24, 2.45) is 5.73 Å². The molecule has 1 aromatic rings. The number of methoxy groups -OCH3 is 1. The summed E-state index contributed by atoms with van der Waals surface area (Å²) in [7, 11) is 1.37. The highest BCUT2D eigenvalue weighted by Gasteiger charge is 2.22. The lowest BCUT2D eigenvalue weighted by Gasteiger charge is -2.20. The maximum absolute atomic E-state index is 10.8. The molecule has 2 unspecified atom stereocenters. The van der Waals surface area contributed by atoms with Gasteiger partial charge in [0.2, 0.25) is 0 Å². The minimum atomic E-state index is -1.16. The zero-order chi connectivity index (χ0) is 13.7. The number of hydrogen-bond acceptors (Lipinski definition) is 5. The van der Waals surface area contributed by atoms with Crippen LogP contribution >= 0.6 is 0 Å². The number of aromatic carboxylic acids is 1. The molecule has 0 heterocycles. The standard InChI is InChI=1S/C12H17NO5/c1-18-10-6-7(12(16)17)2-3-8(10)11(15)9(14)4-5-13/h2-3,6,9,11,14-15H,4-5,13H2,1H3,(H,16,17). The van der Waals surface area contributed by atoms with E-state index in [1.807, 2.05) is 0 Å². The SMILES string of the molecule is COc1cc(C(=O)O)ccc1C(O)C(O)CCN. The van der Waals surface area contributed by atoms with Crippen LogP contribution in [0.5, 0.6) is 5.75 Å². The second-order valence-electron chi connectivity index (χ2n) is 3.85. The fourth-order valence-electron chi connectivity index (χ4n) is 1.62. The first-order valence-electron chi connectivity index (χ1n) is 5.48. The molecular formula is C12H17NO5. The summed E-state index contributed by atoms with van der Waals surface area (Å²) in [5, 5.41) is 28.4. The molecule has 0 fully saturated rings. The first-order chi connectivity index (χ1) is 8.51. The Balaban J connectivity index is 3.05. The highest BCUT2D eigenvalue weighted by atomic mass is 16.5. The van der Waals surface area contributed by atoms with Gasteiger partial charge in [0.25, 0.3) is 0 Å². The smallest absolute Gasteiger partial charge is 0.335 e. The predicted octanol–water partition coefficient (Wildman–Crippen LogP) is 0.136. The van der Waals surface area contributed by atoms with Crippen molar-refractivity contribution in [3.63, 3.8) is 0 Å². The lowest BCUT2D eigenvalue weighted by molar-refractivity contribution is 0.0137. The molecule has 2 atom stereocenters. The summed E-state index contributed by atoms with van der Waals surface area (Å²) in [5.74, 6) is -0.865. The summed E-state index contributed by atoms with van der Waals surface area (Å²) < 4.78 is 5.02. The van der Waals surface area contributed by atoms with Gasteiger partial charge in [-0.3, -0.25) is 0 Å². The predicted molar refractivity (Wildman–Crippen MR) is 64.6 cm³/mol. The second-order valence-corrected chi connectivity index (χ2v) is 3.85. The molecule has 5 N–H and O–H groups in total. The van der Waals surface area contributed by atoms with Gasteiger partial charge in [0.15, 0.2) is 0 Å². The maximum atomic E-state index is 10.8. The van der Waals surface area contributed by atoms with Gasteiger partial charge in [0, 0.05) is 5.56 Å². The van der Waals surface area contributed by atoms with Crippen LogP contribution in [0.4, 0.5) is 0 Å². The van der Waals surface area contributed by atoms with Crippen LogP contribution in [0.1, 0.15) is 28.4 Å². The third-order valence-corrected chi connectivity index (χ3v) is 2.63. The van der Waals surface area contributed by atoms with Crippen LogP contribution in [0.3, 0.4) is 0 Å². The fourth-order valence-corrected chi connectivity index (χ4v) is 1.62. The van der Waals surface area contributed by atoms with Crippen LogP contribution in [0.2, 0.25) is 0 Å². The summed E-state index contributed by atoms with van der Waals surface area (Å²) in [4.78, 5) is 10.8. The van der Waals surface area contributed by atoms with Gasteiger partial charge in [-0.05, 0) is 25.1 Å². The van der Waals surface area contributed by atoms with Crippen molar-refractivity contribution in [2.45, 2.75) is 18.6 Å². The van der Waals surface area contributed by atoms with Crippen LogP contribution in [-0.2, 0) is 0 Å². The molecule has 0 aliphatic rings. The van der Waals surface area contributed by atoms with E-state index in [0.29, 0.717) is 5.56 Å². The lowest BCUT2D eigenvalue weighted by Crippen LogP contribution is -2.22. The number of rotatable bonds is 6. The van der Waals surface area contributed by atoms with Gasteiger partial charge in [-0.1, -0.05) is 6.07 Å². The Bertz CT molecular complexity index is 421. The number of carbonyl (C=O) groups is 1. The van der Waals surface area contributed by atoms with Gasteiger partial charge in [-0.2, -0.15) is 0 Å². The van der Waals surface area contributed by atoms with Gasteiger partial charge in [0.05, 0.1) is 18.8 Å². The maximum Gasteiger partial charge on any atom is 0.335 e. The molecule has 0 aliphatic heterocycles. The van der Waals surface area contributed by atoms with Gasteiger partial charge in [0.1, 0.15) is 11.9 Å². The van der Waals surface area contributed by atoms with Crippen LogP contribution in [0.15, 0.2) is 18.2 Å².